The molecule has 39 heavy (non-hydrogen) atoms. The zero-order valence-electron chi connectivity index (χ0n) is 20.9. The molecule has 0 amide bonds. The number of halogens is 3. The molecule has 0 bridgehead atoms. The van der Waals surface area contributed by atoms with Crippen LogP contribution in [-0.4, -0.2) is 37.3 Å². The van der Waals surface area contributed by atoms with Gasteiger partial charge in [0.15, 0.2) is 5.65 Å². The maximum Gasteiger partial charge on any atom is 0.269 e. The summed E-state index contributed by atoms with van der Waals surface area (Å²) in [5.41, 5.74) is 4.50. The van der Waals surface area contributed by atoms with Gasteiger partial charge in [0.25, 0.3) is 10.0 Å². The predicted molar refractivity (Wildman–Crippen MR) is 156 cm³/mol. The Morgan fingerprint density at radius 1 is 0.769 bits per heavy atom. The normalized spacial score (nSPS) is 11.0. The van der Waals surface area contributed by atoms with Gasteiger partial charge in [0, 0.05) is 18.3 Å². The molecule has 4 aromatic heterocycles. The van der Waals surface area contributed by atoms with E-state index in [1.54, 1.807) is 36.5 Å². The Morgan fingerprint density at radius 2 is 1.36 bits per heavy atom. The molecule has 1 N–H and O–H groups in total. The molecule has 6 aromatic rings. The van der Waals surface area contributed by atoms with Crippen molar-refractivity contribution >= 4 is 66.9 Å². The van der Waals surface area contributed by atoms with Gasteiger partial charge >= 0.3 is 0 Å². The number of aromatic nitrogens is 6. The van der Waals surface area contributed by atoms with E-state index in [2.05, 4.69) is 44.0 Å². The number of hydrogen-bond acceptors (Lipinski definition) is 6. The Kier molecular flexibility index (Phi) is 9.19. The summed E-state index contributed by atoms with van der Waals surface area (Å²) in [6.45, 7) is 3.96. The van der Waals surface area contributed by atoms with Crippen LogP contribution in [0.2, 0.25) is 10.3 Å². The Labute approximate surface area is 240 Å². The van der Waals surface area contributed by atoms with Crippen LogP contribution in [0, 0.1) is 13.8 Å². The van der Waals surface area contributed by atoms with Crippen molar-refractivity contribution in [1.29, 1.82) is 0 Å². The zero-order chi connectivity index (χ0) is 28.0. The van der Waals surface area contributed by atoms with Crippen molar-refractivity contribution in [3.8, 4) is 0 Å². The molecule has 2 aromatic carbocycles. The van der Waals surface area contributed by atoms with E-state index in [1.807, 2.05) is 25.1 Å². The largest absolute Gasteiger partial charge is 0.346 e. The first-order valence-corrected chi connectivity index (χ1v) is 14.3. The summed E-state index contributed by atoms with van der Waals surface area (Å²) >= 11 is 17.2. The van der Waals surface area contributed by atoms with E-state index < -0.39 is 10.0 Å². The second-order valence-electron chi connectivity index (χ2n) is 8.36. The smallest absolute Gasteiger partial charge is 0.269 e. The number of rotatable bonds is 3. The molecule has 0 saturated carbocycles. The van der Waals surface area contributed by atoms with Crippen molar-refractivity contribution in [1.82, 2.24) is 28.9 Å². The number of aryl methyl sites for hydroxylation is 2. The number of alkyl halides is 1. The molecule has 8 nitrogen and oxygen atoms in total. The Hall–Kier alpha value is -3.50. The van der Waals surface area contributed by atoms with Crippen molar-refractivity contribution in [3.05, 3.63) is 113 Å². The first kappa shape index (κ1) is 28.5. The predicted octanol–water partition coefficient (Wildman–Crippen LogP) is 6.98. The van der Waals surface area contributed by atoms with Crippen LogP contribution in [-0.2, 0) is 15.9 Å². The van der Waals surface area contributed by atoms with Gasteiger partial charge in [-0.2, -0.15) is 0 Å². The Balaban J connectivity index is 0.000000154. The number of aromatic amines is 1. The molecular formula is C27H23Cl3N6O2S. The van der Waals surface area contributed by atoms with Crippen molar-refractivity contribution in [2.75, 3.05) is 0 Å². The number of hydrogen-bond donors (Lipinski definition) is 1. The maximum atomic E-state index is 12.6. The average molecular weight is 602 g/mol. The number of nitrogens with one attached hydrogen (secondary N) is 1. The quantitative estimate of drug-likeness (QED) is 0.173. The summed E-state index contributed by atoms with van der Waals surface area (Å²) in [6.07, 6.45) is 5.89. The third-order valence-corrected chi connectivity index (χ3v) is 8.15. The molecule has 0 saturated heterocycles. The van der Waals surface area contributed by atoms with E-state index in [0.29, 0.717) is 16.4 Å². The molecule has 0 aliphatic carbocycles. The van der Waals surface area contributed by atoms with Gasteiger partial charge in [-0.1, -0.05) is 70.7 Å². The van der Waals surface area contributed by atoms with Gasteiger partial charge in [-0.05, 0) is 43.7 Å². The molecular weight excluding hydrogens is 579 g/mol. The standard InChI is InChI=1S/C13H10ClN3O2S.C8H9Cl.C6H4ClN3/c1-9-2-4-10(5-3-9)20(18,19)17-7-6-11-12(14)15-8-16-13(11)17;1-7-2-4-8(6-9)5-3-7;7-5-4-1-2-8-6(4)10-3-9-5/h2-8H,1H3;2-5H,6H2,1H3;1-3H,(H,8,9,10). The highest BCUT2D eigenvalue weighted by molar-refractivity contribution is 7.90. The fraction of sp³-hybridized carbons (Fsp3) is 0.111. The molecule has 0 aliphatic rings. The third-order valence-electron chi connectivity index (χ3n) is 5.56. The minimum absolute atomic E-state index is 0.204. The zero-order valence-corrected chi connectivity index (χ0v) is 24.0. The Morgan fingerprint density at radius 3 is 1.97 bits per heavy atom. The first-order chi connectivity index (χ1) is 18.7. The average Bonchev–Trinajstić information content (AvgIpc) is 3.60. The molecule has 0 unspecified atom stereocenters. The van der Waals surface area contributed by atoms with Gasteiger partial charge in [-0.15, -0.1) is 11.6 Å². The summed E-state index contributed by atoms with van der Waals surface area (Å²) in [7, 11) is -3.69. The fourth-order valence-electron chi connectivity index (χ4n) is 3.43. The van der Waals surface area contributed by atoms with E-state index in [1.165, 1.54) is 30.0 Å². The van der Waals surface area contributed by atoms with Crippen molar-refractivity contribution in [2.45, 2.75) is 24.6 Å². The lowest BCUT2D eigenvalue weighted by Crippen LogP contribution is -2.12. The molecule has 0 atom stereocenters. The van der Waals surface area contributed by atoms with Crippen molar-refractivity contribution < 1.29 is 8.42 Å². The monoisotopic (exact) mass is 600 g/mol. The van der Waals surface area contributed by atoms with Crippen LogP contribution in [0.4, 0.5) is 0 Å². The lowest BCUT2D eigenvalue weighted by atomic mass is 10.2. The second-order valence-corrected chi connectivity index (χ2v) is 11.2. The van der Waals surface area contributed by atoms with Crippen LogP contribution < -0.4 is 0 Å². The van der Waals surface area contributed by atoms with Gasteiger partial charge < -0.3 is 4.98 Å². The maximum absolute atomic E-state index is 12.6. The molecule has 0 radical (unpaired) electrons. The van der Waals surface area contributed by atoms with Crippen LogP contribution in [0.15, 0.2) is 90.6 Å². The molecule has 4 heterocycles. The van der Waals surface area contributed by atoms with Gasteiger partial charge in [-0.3, -0.25) is 0 Å². The SMILES string of the molecule is Cc1ccc(CCl)cc1.Cc1ccc(S(=O)(=O)n2ccc3c(Cl)ncnc32)cc1.Clc1ncnc2[nH]ccc12. The fourth-order valence-corrected chi connectivity index (χ4v) is 5.30. The van der Waals surface area contributed by atoms with Crippen LogP contribution in [0.5, 0.6) is 0 Å². The van der Waals surface area contributed by atoms with Crippen LogP contribution in [0.1, 0.15) is 16.7 Å². The van der Waals surface area contributed by atoms with E-state index in [4.69, 9.17) is 34.8 Å². The molecule has 0 spiro atoms. The van der Waals surface area contributed by atoms with E-state index in [9.17, 15) is 8.42 Å². The van der Waals surface area contributed by atoms with Gasteiger partial charge in [0.2, 0.25) is 0 Å². The third kappa shape index (κ3) is 6.75. The molecule has 200 valence electrons. The highest BCUT2D eigenvalue weighted by atomic mass is 35.5. The lowest BCUT2D eigenvalue weighted by molar-refractivity contribution is 0.588. The second kappa shape index (κ2) is 12.6. The summed E-state index contributed by atoms with van der Waals surface area (Å²) in [5.74, 6) is 0.611. The van der Waals surface area contributed by atoms with Crippen LogP contribution in [0.3, 0.4) is 0 Å². The van der Waals surface area contributed by atoms with Gasteiger partial charge in [0.1, 0.15) is 28.6 Å². The minimum Gasteiger partial charge on any atom is -0.346 e. The molecule has 0 aliphatic heterocycles. The van der Waals surface area contributed by atoms with Gasteiger partial charge in [0.05, 0.1) is 15.7 Å². The highest BCUT2D eigenvalue weighted by Crippen LogP contribution is 2.24. The lowest BCUT2D eigenvalue weighted by Gasteiger charge is -2.07. The molecule has 6 rings (SSSR count). The topological polar surface area (TPSA) is 106 Å². The molecule has 0 fully saturated rings. The van der Waals surface area contributed by atoms with E-state index >= 15 is 0 Å². The first-order valence-electron chi connectivity index (χ1n) is 11.6. The van der Waals surface area contributed by atoms with Crippen molar-refractivity contribution in [3.63, 3.8) is 0 Å². The highest BCUT2D eigenvalue weighted by Gasteiger charge is 2.20. The molecule has 12 heteroatoms. The summed E-state index contributed by atoms with van der Waals surface area (Å²) < 4.78 is 26.3. The number of H-pyrrole nitrogens is 1. The van der Waals surface area contributed by atoms with Crippen LogP contribution >= 0.6 is 34.8 Å². The van der Waals surface area contributed by atoms with Crippen LogP contribution in [0.25, 0.3) is 22.1 Å². The summed E-state index contributed by atoms with van der Waals surface area (Å²) in [6, 6.07) is 18.3. The summed E-state index contributed by atoms with van der Waals surface area (Å²) in [4.78, 5) is 18.7. The van der Waals surface area contributed by atoms with Crippen molar-refractivity contribution in [2.24, 2.45) is 0 Å². The summed E-state index contributed by atoms with van der Waals surface area (Å²) in [5, 5.41) is 2.09. The number of benzene rings is 2. The number of fused-ring (bicyclic) bond motifs is 2. The minimum atomic E-state index is -3.69. The van der Waals surface area contributed by atoms with E-state index in [-0.39, 0.29) is 15.7 Å². The number of nitrogens with zero attached hydrogens (tertiary/aromatic N) is 5. The van der Waals surface area contributed by atoms with E-state index in [0.717, 1.165) is 20.6 Å². The Bertz CT molecular complexity index is 1800. The van der Waals surface area contributed by atoms with Gasteiger partial charge in [-0.25, -0.2) is 32.3 Å².